The third kappa shape index (κ3) is 3.84. The number of hydrogen-bond acceptors (Lipinski definition) is 3. The van der Waals surface area contributed by atoms with E-state index < -0.39 is 15.8 Å². The van der Waals surface area contributed by atoms with Crippen molar-refractivity contribution in [2.24, 2.45) is 0 Å². The molecule has 0 aliphatic carbocycles. The lowest BCUT2D eigenvalue weighted by Gasteiger charge is -2.18. The van der Waals surface area contributed by atoms with Gasteiger partial charge in [-0.05, 0) is 50.6 Å². The van der Waals surface area contributed by atoms with Crippen LogP contribution in [0.25, 0.3) is 0 Å². The lowest BCUT2D eigenvalue weighted by molar-refractivity contribution is 0.466. The van der Waals surface area contributed by atoms with Gasteiger partial charge in [0.2, 0.25) is 10.0 Å². The van der Waals surface area contributed by atoms with Crippen molar-refractivity contribution in [1.82, 2.24) is 4.31 Å². The highest BCUT2D eigenvalue weighted by molar-refractivity contribution is 9.11. The van der Waals surface area contributed by atoms with Crippen molar-refractivity contribution >= 4 is 48.9 Å². The molecule has 0 fully saturated rings. The Labute approximate surface area is 140 Å². The summed E-state index contributed by atoms with van der Waals surface area (Å²) in [5.41, 5.74) is 1.25. The molecule has 0 saturated carbocycles. The van der Waals surface area contributed by atoms with E-state index in [4.69, 9.17) is 11.6 Å². The fraction of sp³-hybridized carbons (Fsp3) is 0.231. The zero-order valence-corrected chi connectivity index (χ0v) is 15.0. The number of thiophene rings is 1. The van der Waals surface area contributed by atoms with Gasteiger partial charge in [-0.25, -0.2) is 12.8 Å². The maximum atomic E-state index is 13.4. The molecule has 0 radical (unpaired) electrons. The standard InChI is InChI=1S/C13H12BrClFNO2S2/c1-17(7-9-4-13(14)20-8-9)21(18,19)12-5-11(16)3-2-10(12)6-15/h2-5,8H,6-7H2,1H3. The van der Waals surface area contributed by atoms with Gasteiger partial charge in [0.15, 0.2) is 0 Å². The molecule has 2 aromatic rings. The Hall–Kier alpha value is -0.470. The molecule has 114 valence electrons. The number of hydrogen-bond donors (Lipinski definition) is 0. The van der Waals surface area contributed by atoms with Gasteiger partial charge >= 0.3 is 0 Å². The van der Waals surface area contributed by atoms with Crippen LogP contribution in [0.3, 0.4) is 0 Å². The fourth-order valence-electron chi connectivity index (χ4n) is 1.82. The number of benzene rings is 1. The Morgan fingerprint density at radius 1 is 1.38 bits per heavy atom. The van der Waals surface area contributed by atoms with Gasteiger partial charge in [-0.15, -0.1) is 22.9 Å². The molecule has 0 N–H and O–H groups in total. The summed E-state index contributed by atoms with van der Waals surface area (Å²) in [5.74, 6) is -0.596. The van der Waals surface area contributed by atoms with Gasteiger partial charge in [-0.1, -0.05) is 6.07 Å². The summed E-state index contributed by atoms with van der Waals surface area (Å²) in [4.78, 5) is -0.0886. The molecule has 0 atom stereocenters. The van der Waals surface area contributed by atoms with Crippen molar-refractivity contribution < 1.29 is 12.8 Å². The predicted molar refractivity (Wildman–Crippen MR) is 86.6 cm³/mol. The second kappa shape index (κ2) is 6.75. The molecule has 1 aromatic carbocycles. The van der Waals surface area contributed by atoms with Crippen LogP contribution >= 0.6 is 38.9 Å². The molecule has 8 heteroatoms. The minimum Gasteiger partial charge on any atom is -0.207 e. The van der Waals surface area contributed by atoms with E-state index in [0.717, 1.165) is 15.4 Å². The average molecular weight is 413 g/mol. The normalized spacial score (nSPS) is 12.0. The van der Waals surface area contributed by atoms with E-state index in [-0.39, 0.29) is 17.3 Å². The summed E-state index contributed by atoms with van der Waals surface area (Å²) in [5, 5.41) is 1.87. The first kappa shape index (κ1) is 16.9. The molecule has 1 heterocycles. The lowest BCUT2D eigenvalue weighted by atomic mass is 10.2. The highest BCUT2D eigenvalue weighted by atomic mass is 79.9. The summed E-state index contributed by atoms with van der Waals surface area (Å²) < 4.78 is 40.6. The number of alkyl halides is 1. The molecule has 0 spiro atoms. The number of halogens is 3. The third-order valence-corrected chi connectivity index (χ3v) is 6.62. The lowest BCUT2D eigenvalue weighted by Crippen LogP contribution is -2.27. The Bertz CT molecular complexity index is 748. The highest BCUT2D eigenvalue weighted by Gasteiger charge is 2.24. The molecule has 0 unspecified atom stereocenters. The first-order valence-corrected chi connectivity index (χ1v) is 9.53. The minimum atomic E-state index is -3.79. The highest BCUT2D eigenvalue weighted by Crippen LogP contribution is 2.26. The fourth-order valence-corrected chi connectivity index (χ4v) is 4.72. The summed E-state index contributed by atoms with van der Waals surface area (Å²) in [6.07, 6.45) is 0. The summed E-state index contributed by atoms with van der Waals surface area (Å²) in [6, 6.07) is 5.45. The second-order valence-corrected chi connectivity index (χ2v) is 8.98. The van der Waals surface area contributed by atoms with Crippen molar-refractivity contribution in [1.29, 1.82) is 0 Å². The van der Waals surface area contributed by atoms with Crippen LogP contribution in [0.2, 0.25) is 0 Å². The van der Waals surface area contributed by atoms with Crippen molar-refractivity contribution in [3.05, 3.63) is 50.4 Å². The molecular weight excluding hydrogens is 401 g/mol. The topological polar surface area (TPSA) is 37.4 Å². The first-order chi connectivity index (χ1) is 9.84. The Balaban J connectivity index is 2.35. The molecule has 0 aliphatic heterocycles. The maximum absolute atomic E-state index is 13.4. The van der Waals surface area contributed by atoms with Gasteiger partial charge in [0.1, 0.15) is 5.82 Å². The minimum absolute atomic E-state index is 0.00663. The van der Waals surface area contributed by atoms with Gasteiger partial charge in [0.25, 0.3) is 0 Å². The van der Waals surface area contributed by atoms with Gasteiger partial charge in [0, 0.05) is 19.5 Å². The van der Waals surface area contributed by atoms with E-state index in [0.29, 0.717) is 5.56 Å². The smallest absolute Gasteiger partial charge is 0.207 e. The molecular formula is C13H12BrClFNO2S2. The van der Waals surface area contributed by atoms with Gasteiger partial charge in [0.05, 0.1) is 8.68 Å². The number of nitrogens with zero attached hydrogens (tertiary/aromatic N) is 1. The molecule has 3 nitrogen and oxygen atoms in total. The van der Waals surface area contributed by atoms with Crippen LogP contribution in [-0.2, 0) is 22.4 Å². The largest absolute Gasteiger partial charge is 0.243 e. The van der Waals surface area contributed by atoms with Crippen molar-refractivity contribution in [3.8, 4) is 0 Å². The van der Waals surface area contributed by atoms with E-state index in [9.17, 15) is 12.8 Å². The molecule has 0 saturated heterocycles. The zero-order chi connectivity index (χ0) is 15.6. The molecule has 21 heavy (non-hydrogen) atoms. The van der Waals surface area contributed by atoms with Crippen LogP contribution in [0.5, 0.6) is 0 Å². The van der Waals surface area contributed by atoms with Crippen LogP contribution in [0, 0.1) is 5.82 Å². The van der Waals surface area contributed by atoms with Crippen molar-refractivity contribution in [3.63, 3.8) is 0 Å². The van der Waals surface area contributed by atoms with E-state index in [1.54, 1.807) is 0 Å². The van der Waals surface area contributed by atoms with E-state index >= 15 is 0 Å². The van der Waals surface area contributed by atoms with E-state index in [1.165, 1.54) is 34.8 Å². The molecule has 0 amide bonds. The quantitative estimate of drug-likeness (QED) is 0.690. The van der Waals surface area contributed by atoms with Crippen LogP contribution < -0.4 is 0 Å². The van der Waals surface area contributed by atoms with Crippen molar-refractivity contribution in [2.45, 2.75) is 17.3 Å². The SMILES string of the molecule is CN(Cc1csc(Br)c1)S(=O)(=O)c1cc(F)ccc1CCl. The maximum Gasteiger partial charge on any atom is 0.243 e. The first-order valence-electron chi connectivity index (χ1n) is 5.88. The number of rotatable bonds is 5. The third-order valence-electron chi connectivity index (χ3n) is 2.89. The Morgan fingerprint density at radius 2 is 2.10 bits per heavy atom. The van der Waals surface area contributed by atoms with Crippen LogP contribution in [0.4, 0.5) is 4.39 Å². The summed E-state index contributed by atoms with van der Waals surface area (Å²) in [7, 11) is -2.33. The molecule has 2 rings (SSSR count). The number of sulfonamides is 1. The van der Waals surface area contributed by atoms with Crippen LogP contribution in [0.1, 0.15) is 11.1 Å². The summed E-state index contributed by atoms with van der Waals surface area (Å²) in [6.45, 7) is 0.211. The Kier molecular flexibility index (Phi) is 5.43. The van der Waals surface area contributed by atoms with Gasteiger partial charge in [-0.3, -0.25) is 0 Å². The summed E-state index contributed by atoms with van der Waals surface area (Å²) >= 11 is 10.6. The van der Waals surface area contributed by atoms with Crippen LogP contribution in [0.15, 0.2) is 38.3 Å². The van der Waals surface area contributed by atoms with Gasteiger partial charge in [-0.2, -0.15) is 4.31 Å². The monoisotopic (exact) mass is 411 g/mol. The van der Waals surface area contributed by atoms with E-state index in [2.05, 4.69) is 15.9 Å². The Morgan fingerprint density at radius 3 is 2.67 bits per heavy atom. The molecule has 0 bridgehead atoms. The molecule has 0 aliphatic rings. The predicted octanol–water partition coefficient (Wildman–Crippen LogP) is 4.21. The van der Waals surface area contributed by atoms with Gasteiger partial charge < -0.3 is 0 Å². The van der Waals surface area contributed by atoms with E-state index in [1.807, 2.05) is 11.4 Å². The second-order valence-electron chi connectivity index (χ2n) is 4.41. The zero-order valence-electron chi connectivity index (χ0n) is 11.0. The van der Waals surface area contributed by atoms with Crippen LogP contribution in [-0.4, -0.2) is 19.8 Å². The average Bonchev–Trinajstić information content (AvgIpc) is 2.84. The van der Waals surface area contributed by atoms with Crippen molar-refractivity contribution in [2.75, 3.05) is 7.05 Å². The molecule has 1 aromatic heterocycles.